The molecule has 0 spiro atoms. The minimum absolute atomic E-state index is 0.0419. The van der Waals surface area contributed by atoms with Crippen LogP contribution < -0.4 is 0 Å². The third-order valence-corrected chi connectivity index (χ3v) is 5.46. The van der Waals surface area contributed by atoms with Gasteiger partial charge in [-0.15, -0.1) is 0 Å². The summed E-state index contributed by atoms with van der Waals surface area (Å²) in [5.74, 6) is 0. The Morgan fingerprint density at radius 1 is 0.429 bits per heavy atom. The molecule has 8 N–H and O–H groups in total. The average Bonchev–Trinajstić information content (AvgIpc) is 2.86. The van der Waals surface area contributed by atoms with Gasteiger partial charge < -0.3 is 74.0 Å². The highest BCUT2D eigenvalue weighted by Gasteiger charge is 2.44. The molecule has 0 aromatic rings. The molecule has 0 bridgehead atoms. The Morgan fingerprint density at radius 3 is 1.06 bits per heavy atom. The fraction of sp³-hybridized carbons (Fsp3) is 1.00. The summed E-state index contributed by atoms with van der Waals surface area (Å²) in [4.78, 5) is 0. The summed E-state index contributed by atoms with van der Waals surface area (Å²) in [5, 5.41) is 76.7. The Kier molecular flexibility index (Phi) is 14.2. The van der Waals surface area contributed by atoms with Gasteiger partial charge >= 0.3 is 0 Å². The Balaban J connectivity index is 1.41. The van der Waals surface area contributed by atoms with E-state index in [9.17, 15) is 30.6 Å². The number of hydrogen-bond acceptors (Lipinski definition) is 15. The first kappa shape index (κ1) is 30.6. The molecule has 2 aliphatic heterocycles. The molecule has 0 radical (unpaired) electrons. The van der Waals surface area contributed by atoms with Crippen LogP contribution in [0.4, 0.5) is 0 Å². The lowest BCUT2D eigenvalue weighted by Gasteiger charge is -2.39. The molecule has 2 saturated heterocycles. The van der Waals surface area contributed by atoms with Crippen molar-refractivity contribution in [3.05, 3.63) is 0 Å². The molecule has 2 fully saturated rings. The molecule has 2 rings (SSSR count). The predicted molar refractivity (Wildman–Crippen MR) is 112 cm³/mol. The summed E-state index contributed by atoms with van der Waals surface area (Å²) >= 11 is 0. The molecule has 0 amide bonds. The summed E-state index contributed by atoms with van der Waals surface area (Å²) in [6.45, 7) is 0.419. The van der Waals surface area contributed by atoms with Crippen molar-refractivity contribution >= 4 is 0 Å². The topological polar surface area (TPSA) is 226 Å². The maximum atomic E-state index is 9.85. The Labute approximate surface area is 202 Å². The smallest absolute Gasteiger partial charge is 0.186 e. The van der Waals surface area contributed by atoms with Crippen LogP contribution in [0.2, 0.25) is 0 Å². The average molecular weight is 519 g/mol. The van der Waals surface area contributed by atoms with Crippen LogP contribution in [0, 0.1) is 0 Å². The zero-order valence-electron chi connectivity index (χ0n) is 19.3. The summed E-state index contributed by atoms with van der Waals surface area (Å²) in [6.07, 6.45) is -13.3. The molecule has 10 atom stereocenters. The Morgan fingerprint density at radius 2 is 0.743 bits per heavy atom. The SMILES string of the molecule is OC[C@H]1O[C@H](OCCOCCOCCOCCO[C@H]2O[C@H](CO)[C@@H](O)[C@H](O)[C@@H]2O)[C@@H](O)[C@@H](O)[C@@H]1O. The minimum atomic E-state index is -1.50. The van der Waals surface area contributed by atoms with Crippen molar-refractivity contribution in [1.29, 1.82) is 0 Å². The van der Waals surface area contributed by atoms with E-state index in [1.54, 1.807) is 0 Å². The van der Waals surface area contributed by atoms with Gasteiger partial charge in [0.1, 0.15) is 48.8 Å². The van der Waals surface area contributed by atoms with Crippen molar-refractivity contribution in [1.82, 2.24) is 0 Å². The van der Waals surface area contributed by atoms with E-state index in [2.05, 4.69) is 0 Å². The van der Waals surface area contributed by atoms with Crippen molar-refractivity contribution in [2.75, 3.05) is 66.1 Å². The lowest BCUT2D eigenvalue weighted by molar-refractivity contribution is -0.302. The third-order valence-electron chi connectivity index (χ3n) is 5.46. The van der Waals surface area contributed by atoms with E-state index in [-0.39, 0.29) is 52.9 Å². The Bertz CT molecular complexity index is 507. The maximum Gasteiger partial charge on any atom is 0.186 e. The van der Waals surface area contributed by atoms with E-state index in [1.165, 1.54) is 0 Å². The van der Waals surface area contributed by atoms with Gasteiger partial charge in [-0.2, -0.15) is 0 Å². The zero-order valence-corrected chi connectivity index (χ0v) is 19.3. The van der Waals surface area contributed by atoms with Gasteiger partial charge in [-0.25, -0.2) is 0 Å². The van der Waals surface area contributed by atoms with Gasteiger partial charge in [0.15, 0.2) is 12.6 Å². The first-order valence-electron chi connectivity index (χ1n) is 11.4. The quantitative estimate of drug-likeness (QED) is 0.0893. The molecule has 208 valence electrons. The van der Waals surface area contributed by atoms with E-state index in [0.717, 1.165) is 0 Å². The predicted octanol–water partition coefficient (Wildman–Crippen LogP) is -5.33. The molecule has 0 aliphatic carbocycles. The number of hydrogen-bond donors (Lipinski definition) is 8. The number of ether oxygens (including phenoxy) is 7. The minimum Gasteiger partial charge on any atom is -0.394 e. The lowest BCUT2D eigenvalue weighted by Crippen LogP contribution is -2.59. The lowest BCUT2D eigenvalue weighted by atomic mass is 9.99. The van der Waals surface area contributed by atoms with E-state index >= 15 is 0 Å². The molecule has 0 unspecified atom stereocenters. The molecular weight excluding hydrogens is 480 g/mol. The highest BCUT2D eigenvalue weighted by molar-refractivity contribution is 4.89. The van der Waals surface area contributed by atoms with Crippen molar-refractivity contribution in [2.24, 2.45) is 0 Å². The highest BCUT2D eigenvalue weighted by atomic mass is 16.7. The van der Waals surface area contributed by atoms with Gasteiger partial charge in [-0.05, 0) is 0 Å². The number of rotatable bonds is 16. The van der Waals surface area contributed by atoms with Gasteiger partial charge in [0.2, 0.25) is 0 Å². The summed E-state index contributed by atoms with van der Waals surface area (Å²) < 4.78 is 36.9. The van der Waals surface area contributed by atoms with E-state index in [1.807, 2.05) is 0 Å². The monoisotopic (exact) mass is 518 g/mol. The first-order valence-corrected chi connectivity index (χ1v) is 11.4. The van der Waals surface area contributed by atoms with E-state index in [4.69, 9.17) is 43.4 Å². The van der Waals surface area contributed by atoms with Crippen LogP contribution in [0.1, 0.15) is 0 Å². The van der Waals surface area contributed by atoms with Gasteiger partial charge in [0, 0.05) is 0 Å². The van der Waals surface area contributed by atoms with Gasteiger partial charge in [0.05, 0.1) is 66.1 Å². The highest BCUT2D eigenvalue weighted by Crippen LogP contribution is 2.22. The number of aliphatic hydroxyl groups is 8. The largest absolute Gasteiger partial charge is 0.394 e. The summed E-state index contributed by atoms with van der Waals surface area (Å²) in [5.41, 5.74) is 0. The molecular formula is C20H38O15. The van der Waals surface area contributed by atoms with Crippen LogP contribution in [0.3, 0.4) is 0 Å². The van der Waals surface area contributed by atoms with Crippen LogP contribution in [-0.4, -0.2) is 168 Å². The van der Waals surface area contributed by atoms with Gasteiger partial charge in [0.25, 0.3) is 0 Å². The fourth-order valence-electron chi connectivity index (χ4n) is 3.40. The van der Waals surface area contributed by atoms with Crippen molar-refractivity contribution < 1.29 is 74.0 Å². The van der Waals surface area contributed by atoms with Crippen LogP contribution in [0.15, 0.2) is 0 Å². The second-order valence-electron chi connectivity index (χ2n) is 7.97. The molecule has 15 nitrogen and oxygen atoms in total. The van der Waals surface area contributed by atoms with E-state index in [0.29, 0.717) is 0 Å². The van der Waals surface area contributed by atoms with Crippen molar-refractivity contribution in [2.45, 2.75) is 61.4 Å². The van der Waals surface area contributed by atoms with Crippen molar-refractivity contribution in [3.8, 4) is 0 Å². The maximum absolute atomic E-state index is 9.85. The standard InChI is InChI=1S/C20H38O15/c21-9-11-13(23)15(25)17(27)19(34-11)32-7-5-30-3-1-29-2-4-31-6-8-33-20-18(28)16(26)14(24)12(10-22)35-20/h11-28H,1-10H2/t11-,12-,13-,14-,15+,16+,17+,18+,19+,20+/m1/s1. The molecule has 0 saturated carbocycles. The fourth-order valence-corrected chi connectivity index (χ4v) is 3.40. The number of aliphatic hydroxyl groups excluding tert-OH is 8. The van der Waals surface area contributed by atoms with Gasteiger partial charge in [-0.3, -0.25) is 0 Å². The van der Waals surface area contributed by atoms with Crippen LogP contribution >= 0.6 is 0 Å². The normalized spacial score (nSPS) is 38.1. The molecule has 2 heterocycles. The summed E-state index contributed by atoms with van der Waals surface area (Å²) in [6, 6.07) is 0. The molecule has 0 aromatic heterocycles. The van der Waals surface area contributed by atoms with Crippen LogP contribution in [0.25, 0.3) is 0 Å². The molecule has 15 heteroatoms. The second-order valence-corrected chi connectivity index (χ2v) is 7.97. The van der Waals surface area contributed by atoms with Crippen LogP contribution in [0.5, 0.6) is 0 Å². The Hall–Kier alpha value is -0.600. The van der Waals surface area contributed by atoms with E-state index < -0.39 is 74.6 Å². The molecule has 0 aromatic carbocycles. The molecule has 35 heavy (non-hydrogen) atoms. The molecule has 2 aliphatic rings. The zero-order chi connectivity index (χ0) is 25.8. The van der Waals surface area contributed by atoms with Crippen LogP contribution in [-0.2, 0) is 33.2 Å². The summed E-state index contributed by atoms with van der Waals surface area (Å²) in [7, 11) is 0. The second kappa shape index (κ2) is 16.3. The van der Waals surface area contributed by atoms with Gasteiger partial charge in [-0.1, -0.05) is 0 Å². The van der Waals surface area contributed by atoms with Crippen molar-refractivity contribution in [3.63, 3.8) is 0 Å². The first-order chi connectivity index (χ1) is 16.8. The third kappa shape index (κ3) is 9.33.